The first-order valence-corrected chi connectivity index (χ1v) is 10.8. The third-order valence-electron chi connectivity index (χ3n) is 5.84. The third kappa shape index (κ3) is 3.51. The largest absolute Gasteiger partial charge is 0.348 e. The quantitative estimate of drug-likeness (QED) is 0.586. The highest BCUT2D eigenvalue weighted by molar-refractivity contribution is 9.10. The van der Waals surface area contributed by atoms with E-state index in [1.165, 1.54) is 40.2 Å². The Hall–Kier alpha value is -2.68. The number of benzene rings is 1. The van der Waals surface area contributed by atoms with Crippen LogP contribution in [0.5, 0.6) is 0 Å². The van der Waals surface area contributed by atoms with E-state index in [2.05, 4.69) is 44.4 Å². The predicted octanol–water partition coefficient (Wildman–Crippen LogP) is 1.95. The Bertz CT molecular complexity index is 1270. The van der Waals surface area contributed by atoms with Gasteiger partial charge in [0.05, 0.1) is 6.04 Å². The number of carbonyl (C=O) groups excluding carboxylic acids is 1. The Morgan fingerprint density at radius 2 is 1.87 bits per heavy atom. The number of aryl methyl sites for hydroxylation is 3. The zero-order valence-electron chi connectivity index (χ0n) is 17.2. The molecule has 0 spiro atoms. The molecule has 1 aromatic carbocycles. The van der Waals surface area contributed by atoms with Crippen LogP contribution in [0.4, 0.5) is 0 Å². The standard InChI is InChI=1S/C21H24BrN5O3/c1-12(14-9-8-13-6-4-5-7-15(13)10-14)23-16(28)11-27-18-17(24-20(27)22)19(29)26(3)21(30)25(18)2/h8-10,12H,4-7,11H2,1-3H3,(H,23,28). The van der Waals surface area contributed by atoms with Crippen LogP contribution in [-0.4, -0.2) is 24.6 Å². The molecule has 0 saturated heterocycles. The zero-order valence-corrected chi connectivity index (χ0v) is 18.8. The van der Waals surface area contributed by atoms with Crippen LogP contribution in [0.1, 0.15) is 42.5 Å². The van der Waals surface area contributed by atoms with E-state index in [9.17, 15) is 14.4 Å². The summed E-state index contributed by atoms with van der Waals surface area (Å²) in [6.07, 6.45) is 4.64. The fourth-order valence-electron chi connectivity index (χ4n) is 4.14. The molecule has 1 atom stereocenters. The molecular weight excluding hydrogens is 450 g/mol. The topological polar surface area (TPSA) is 90.9 Å². The van der Waals surface area contributed by atoms with E-state index in [-0.39, 0.29) is 24.0 Å². The van der Waals surface area contributed by atoms with Crippen molar-refractivity contribution in [2.45, 2.75) is 45.2 Å². The normalized spacial score (nSPS) is 14.5. The van der Waals surface area contributed by atoms with Gasteiger partial charge in [0, 0.05) is 14.1 Å². The first kappa shape index (κ1) is 20.6. The van der Waals surface area contributed by atoms with E-state index in [1.807, 2.05) is 6.92 Å². The summed E-state index contributed by atoms with van der Waals surface area (Å²) < 4.78 is 4.19. The molecular formula is C21H24BrN5O3. The Labute approximate surface area is 181 Å². The van der Waals surface area contributed by atoms with Gasteiger partial charge in [-0.3, -0.25) is 23.3 Å². The molecule has 0 fully saturated rings. The summed E-state index contributed by atoms with van der Waals surface area (Å²) in [5.74, 6) is -0.228. The van der Waals surface area contributed by atoms with Gasteiger partial charge in [0.15, 0.2) is 15.9 Å². The van der Waals surface area contributed by atoms with E-state index in [0.717, 1.165) is 23.0 Å². The van der Waals surface area contributed by atoms with Crippen molar-refractivity contribution in [2.24, 2.45) is 14.1 Å². The summed E-state index contributed by atoms with van der Waals surface area (Å²) in [6, 6.07) is 6.27. The molecule has 4 rings (SSSR count). The molecule has 1 amide bonds. The third-order valence-corrected chi connectivity index (χ3v) is 6.45. The molecule has 2 heterocycles. The first-order valence-electron chi connectivity index (χ1n) is 10.0. The van der Waals surface area contributed by atoms with Crippen LogP contribution >= 0.6 is 15.9 Å². The number of hydrogen-bond donors (Lipinski definition) is 1. The fourth-order valence-corrected chi connectivity index (χ4v) is 4.61. The van der Waals surface area contributed by atoms with Crippen molar-refractivity contribution in [2.75, 3.05) is 0 Å². The van der Waals surface area contributed by atoms with Crippen molar-refractivity contribution >= 4 is 33.0 Å². The molecule has 1 aliphatic rings. The van der Waals surface area contributed by atoms with Crippen molar-refractivity contribution in [3.8, 4) is 0 Å². The lowest BCUT2D eigenvalue weighted by Crippen LogP contribution is -2.38. The molecule has 1 unspecified atom stereocenters. The molecule has 0 saturated carbocycles. The molecule has 0 bridgehead atoms. The average molecular weight is 474 g/mol. The van der Waals surface area contributed by atoms with E-state index in [1.54, 1.807) is 7.05 Å². The molecule has 1 aliphatic carbocycles. The first-order chi connectivity index (χ1) is 14.3. The number of nitrogens with zero attached hydrogens (tertiary/aromatic N) is 4. The number of halogens is 1. The molecule has 9 heteroatoms. The van der Waals surface area contributed by atoms with Crippen molar-refractivity contribution < 1.29 is 4.79 Å². The fraction of sp³-hybridized carbons (Fsp3) is 0.429. The summed E-state index contributed by atoms with van der Waals surface area (Å²) in [5, 5.41) is 3.01. The van der Waals surface area contributed by atoms with Crippen LogP contribution in [0, 0.1) is 0 Å². The molecule has 1 N–H and O–H groups in total. The average Bonchev–Trinajstić information content (AvgIpc) is 3.06. The Balaban J connectivity index is 1.59. The lowest BCUT2D eigenvalue weighted by molar-refractivity contribution is -0.122. The van der Waals surface area contributed by atoms with Crippen LogP contribution in [0.25, 0.3) is 11.2 Å². The van der Waals surface area contributed by atoms with Gasteiger partial charge in [0.1, 0.15) is 6.54 Å². The minimum Gasteiger partial charge on any atom is -0.348 e. The molecule has 158 valence electrons. The Morgan fingerprint density at radius 3 is 2.60 bits per heavy atom. The summed E-state index contributed by atoms with van der Waals surface area (Å²) in [6.45, 7) is 1.89. The van der Waals surface area contributed by atoms with Gasteiger partial charge in [0.25, 0.3) is 5.56 Å². The number of aromatic nitrogens is 4. The van der Waals surface area contributed by atoms with Crippen LogP contribution in [0.3, 0.4) is 0 Å². The number of rotatable bonds is 4. The Kier molecular flexibility index (Phi) is 5.40. The van der Waals surface area contributed by atoms with Gasteiger partial charge in [0.2, 0.25) is 5.91 Å². The smallest absolute Gasteiger partial charge is 0.332 e. The molecule has 2 aromatic heterocycles. The van der Waals surface area contributed by atoms with Crippen LogP contribution in [0.15, 0.2) is 32.5 Å². The van der Waals surface area contributed by atoms with Crippen molar-refractivity contribution in [1.29, 1.82) is 0 Å². The van der Waals surface area contributed by atoms with Crippen LogP contribution in [0.2, 0.25) is 0 Å². The van der Waals surface area contributed by atoms with Gasteiger partial charge in [-0.25, -0.2) is 9.78 Å². The molecule has 0 radical (unpaired) electrons. The van der Waals surface area contributed by atoms with Gasteiger partial charge in [-0.15, -0.1) is 0 Å². The second kappa shape index (κ2) is 7.86. The SMILES string of the molecule is CC(NC(=O)Cn1c(Br)nc2c(=O)n(C)c(=O)n(C)c21)c1ccc2c(c1)CCCC2. The monoisotopic (exact) mass is 473 g/mol. The predicted molar refractivity (Wildman–Crippen MR) is 118 cm³/mol. The van der Waals surface area contributed by atoms with Crippen LogP contribution < -0.4 is 16.6 Å². The second-order valence-corrected chi connectivity index (χ2v) is 8.58. The molecule has 3 aromatic rings. The van der Waals surface area contributed by atoms with Crippen LogP contribution in [-0.2, 0) is 38.3 Å². The second-order valence-electron chi connectivity index (χ2n) is 7.87. The maximum Gasteiger partial charge on any atom is 0.332 e. The number of carbonyl (C=O) groups is 1. The summed E-state index contributed by atoms with van der Waals surface area (Å²) in [5.41, 5.74) is 3.33. The van der Waals surface area contributed by atoms with Crippen molar-refractivity contribution in [3.05, 3.63) is 60.5 Å². The van der Waals surface area contributed by atoms with E-state index < -0.39 is 11.2 Å². The minimum absolute atomic E-state index is 0.0627. The highest BCUT2D eigenvalue weighted by Gasteiger charge is 2.20. The van der Waals surface area contributed by atoms with Crippen molar-refractivity contribution in [1.82, 2.24) is 24.0 Å². The molecule has 30 heavy (non-hydrogen) atoms. The van der Waals surface area contributed by atoms with E-state index in [0.29, 0.717) is 10.4 Å². The van der Waals surface area contributed by atoms with Gasteiger partial charge in [-0.1, -0.05) is 18.2 Å². The summed E-state index contributed by atoms with van der Waals surface area (Å²) in [4.78, 5) is 41.7. The number of amides is 1. The van der Waals surface area contributed by atoms with Gasteiger partial charge in [-0.05, 0) is 65.2 Å². The number of fused-ring (bicyclic) bond motifs is 2. The summed E-state index contributed by atoms with van der Waals surface area (Å²) in [7, 11) is 2.96. The number of nitrogens with one attached hydrogen (secondary N) is 1. The maximum absolute atomic E-state index is 12.8. The molecule has 0 aliphatic heterocycles. The van der Waals surface area contributed by atoms with E-state index in [4.69, 9.17) is 0 Å². The van der Waals surface area contributed by atoms with Gasteiger partial charge < -0.3 is 5.32 Å². The Morgan fingerprint density at radius 1 is 1.17 bits per heavy atom. The highest BCUT2D eigenvalue weighted by atomic mass is 79.9. The van der Waals surface area contributed by atoms with Gasteiger partial charge >= 0.3 is 5.69 Å². The number of hydrogen-bond acceptors (Lipinski definition) is 4. The highest BCUT2D eigenvalue weighted by Crippen LogP contribution is 2.25. The minimum atomic E-state index is -0.490. The van der Waals surface area contributed by atoms with Gasteiger partial charge in [-0.2, -0.15) is 0 Å². The molecule has 8 nitrogen and oxygen atoms in total. The lowest BCUT2D eigenvalue weighted by Gasteiger charge is -2.20. The number of imidazole rings is 1. The summed E-state index contributed by atoms with van der Waals surface area (Å²) >= 11 is 3.32. The van der Waals surface area contributed by atoms with E-state index >= 15 is 0 Å². The van der Waals surface area contributed by atoms with Crippen molar-refractivity contribution in [3.63, 3.8) is 0 Å². The zero-order chi connectivity index (χ0) is 21.6. The lowest BCUT2D eigenvalue weighted by atomic mass is 9.89. The maximum atomic E-state index is 12.8.